The van der Waals surface area contributed by atoms with Crippen LogP contribution in [-0.2, 0) is 0 Å². The Labute approximate surface area is 269 Å². The summed E-state index contributed by atoms with van der Waals surface area (Å²) in [4.78, 5) is 19.9. The molecule has 4 aromatic rings. The van der Waals surface area contributed by atoms with Gasteiger partial charge in [-0.1, -0.05) is 0 Å². The van der Waals surface area contributed by atoms with Crippen LogP contribution in [0.25, 0.3) is 22.3 Å². The molecule has 7 rings (SSSR count). The van der Waals surface area contributed by atoms with E-state index in [0.717, 1.165) is 44.2 Å². The zero-order valence-electron chi connectivity index (χ0n) is 27.6. The average Bonchev–Trinajstić information content (AvgIpc) is 3.72. The monoisotopic (exact) mass is 600 g/mol. The molecule has 234 valence electrons. The van der Waals surface area contributed by atoms with Gasteiger partial charge in [0.25, 0.3) is 0 Å². The lowest BCUT2D eigenvalue weighted by Gasteiger charge is -2.25. The maximum absolute atomic E-state index is 4.95. The normalized spacial score (nSPS) is 17.3. The number of aryl methyl sites for hydroxylation is 4. The Balaban J connectivity index is 1.00. The second-order valence-corrected chi connectivity index (χ2v) is 13.4. The minimum absolute atomic E-state index is 0.939. The summed E-state index contributed by atoms with van der Waals surface area (Å²) in [6.07, 6.45) is 10.4. The molecule has 2 aromatic carbocycles. The van der Waals surface area contributed by atoms with Gasteiger partial charge in [-0.15, -0.1) is 0 Å². The van der Waals surface area contributed by atoms with Gasteiger partial charge < -0.3 is 19.6 Å². The van der Waals surface area contributed by atoms with E-state index in [1.807, 2.05) is 0 Å². The van der Waals surface area contributed by atoms with Gasteiger partial charge in [0.1, 0.15) is 11.6 Å². The highest BCUT2D eigenvalue weighted by Gasteiger charge is 2.21. The smallest absolute Gasteiger partial charge is 0.128 e. The summed E-state index contributed by atoms with van der Waals surface area (Å²) >= 11 is 0. The quantitative estimate of drug-likeness (QED) is 0.224. The van der Waals surface area contributed by atoms with Crippen molar-refractivity contribution in [3.63, 3.8) is 0 Å². The Morgan fingerprint density at radius 2 is 0.756 bits per heavy atom. The Hall–Kier alpha value is -4.06. The molecule has 6 heteroatoms. The van der Waals surface area contributed by atoms with E-state index in [1.165, 1.54) is 108 Å². The Bertz CT molecular complexity index is 1460. The first-order chi connectivity index (χ1) is 21.9. The van der Waals surface area contributed by atoms with E-state index in [-0.39, 0.29) is 0 Å². The molecule has 0 spiro atoms. The molecule has 0 unspecified atom stereocenters. The van der Waals surface area contributed by atoms with Gasteiger partial charge in [0.15, 0.2) is 0 Å². The number of nitrogens with zero attached hydrogens (tertiary/aromatic N) is 6. The van der Waals surface area contributed by atoms with Crippen molar-refractivity contribution in [2.24, 2.45) is 0 Å². The molecule has 3 fully saturated rings. The van der Waals surface area contributed by atoms with E-state index in [0.29, 0.717) is 0 Å². The third kappa shape index (κ3) is 6.12. The predicted molar refractivity (Wildman–Crippen MR) is 190 cm³/mol. The van der Waals surface area contributed by atoms with Crippen molar-refractivity contribution >= 4 is 23.0 Å². The third-order valence-electron chi connectivity index (χ3n) is 10.1. The van der Waals surface area contributed by atoms with E-state index >= 15 is 0 Å². The van der Waals surface area contributed by atoms with E-state index < -0.39 is 0 Å². The summed E-state index contributed by atoms with van der Waals surface area (Å²) in [6, 6.07) is 18.3. The van der Waals surface area contributed by atoms with Gasteiger partial charge in [-0.3, -0.25) is 0 Å². The number of aromatic nitrogens is 2. The highest BCUT2D eigenvalue weighted by atomic mass is 15.3. The number of pyridine rings is 2. The van der Waals surface area contributed by atoms with Gasteiger partial charge in [0.05, 0.1) is 0 Å². The molecule has 0 saturated carbocycles. The summed E-state index contributed by atoms with van der Waals surface area (Å²) in [6.45, 7) is 17.6. The van der Waals surface area contributed by atoms with Crippen LogP contribution in [-0.4, -0.2) is 62.3 Å². The van der Waals surface area contributed by atoms with Crippen LogP contribution in [0.3, 0.4) is 0 Å². The highest BCUT2D eigenvalue weighted by molar-refractivity contribution is 5.73. The fourth-order valence-corrected chi connectivity index (χ4v) is 7.99. The maximum Gasteiger partial charge on any atom is 0.128 e. The van der Waals surface area contributed by atoms with E-state index in [1.54, 1.807) is 0 Å². The lowest BCUT2D eigenvalue weighted by Crippen LogP contribution is -2.31. The minimum atomic E-state index is 0.939. The number of rotatable bonds is 6. The molecule has 6 nitrogen and oxygen atoms in total. The molecule has 0 atom stereocenters. The summed E-state index contributed by atoms with van der Waals surface area (Å²) in [7, 11) is 0. The first kappa shape index (κ1) is 29.6. The van der Waals surface area contributed by atoms with Crippen molar-refractivity contribution in [1.82, 2.24) is 9.97 Å². The van der Waals surface area contributed by atoms with Crippen LogP contribution in [0.1, 0.15) is 54.4 Å². The second kappa shape index (κ2) is 12.7. The van der Waals surface area contributed by atoms with Crippen molar-refractivity contribution in [2.45, 2.75) is 59.8 Å². The average molecular weight is 601 g/mol. The van der Waals surface area contributed by atoms with Crippen molar-refractivity contribution in [2.75, 3.05) is 72.0 Å². The van der Waals surface area contributed by atoms with Gasteiger partial charge in [0, 0.05) is 87.3 Å². The summed E-state index contributed by atoms with van der Waals surface area (Å²) in [5.41, 5.74) is 13.2. The molecule has 3 aliphatic heterocycles. The van der Waals surface area contributed by atoms with Gasteiger partial charge in [0.2, 0.25) is 0 Å². The van der Waals surface area contributed by atoms with Crippen LogP contribution in [0.5, 0.6) is 0 Å². The molecule has 0 amide bonds. The molecule has 5 heterocycles. The highest BCUT2D eigenvalue weighted by Crippen LogP contribution is 2.35. The van der Waals surface area contributed by atoms with Crippen molar-refractivity contribution in [3.05, 3.63) is 83.2 Å². The van der Waals surface area contributed by atoms with Crippen molar-refractivity contribution in [1.29, 1.82) is 0 Å². The van der Waals surface area contributed by atoms with Gasteiger partial charge >= 0.3 is 0 Å². The maximum atomic E-state index is 4.95. The molecule has 0 N–H and O–H groups in total. The Morgan fingerprint density at radius 1 is 0.400 bits per heavy atom. The van der Waals surface area contributed by atoms with Crippen LogP contribution < -0.4 is 19.6 Å². The van der Waals surface area contributed by atoms with Crippen LogP contribution >= 0.6 is 0 Å². The van der Waals surface area contributed by atoms with Gasteiger partial charge in [-0.25, -0.2) is 9.97 Å². The SMILES string of the molecule is Cc1cc(-c2ccc(N3CCCN(c4ccc(-c5cc(C)c(N6CCCC6)c(C)c5)cn4)CC3)nc2)cc(C)c1N1CCCC1. The fraction of sp³-hybridized carbons (Fsp3) is 0.436. The topological polar surface area (TPSA) is 38.7 Å². The molecule has 45 heavy (non-hydrogen) atoms. The molecule has 0 radical (unpaired) electrons. The molecule has 2 aromatic heterocycles. The summed E-state index contributed by atoms with van der Waals surface area (Å²) in [5, 5.41) is 0. The summed E-state index contributed by atoms with van der Waals surface area (Å²) in [5.74, 6) is 2.13. The number of hydrogen-bond donors (Lipinski definition) is 0. The molecular weight excluding hydrogens is 552 g/mol. The molecule has 3 saturated heterocycles. The summed E-state index contributed by atoms with van der Waals surface area (Å²) < 4.78 is 0. The largest absolute Gasteiger partial charge is 0.371 e. The van der Waals surface area contributed by atoms with Crippen LogP contribution in [0.4, 0.5) is 23.0 Å². The van der Waals surface area contributed by atoms with Crippen molar-refractivity contribution in [3.8, 4) is 22.3 Å². The molecule has 0 bridgehead atoms. The zero-order valence-corrected chi connectivity index (χ0v) is 27.6. The second-order valence-electron chi connectivity index (χ2n) is 13.4. The lowest BCUT2D eigenvalue weighted by molar-refractivity contribution is 0.794. The first-order valence-electron chi connectivity index (χ1n) is 17.1. The number of anilines is 4. The fourth-order valence-electron chi connectivity index (χ4n) is 7.99. The standard InChI is InChI=1S/C39H48N6/c1-28-22-34(23-29(2)38(28)44-14-5-6-15-44)32-10-12-36(40-26-32)42-18-9-19-43(21-20-42)37-13-11-33(27-41-37)35-24-30(3)39(31(4)25-35)45-16-7-8-17-45/h10-13,22-27H,5-9,14-21H2,1-4H3. The Morgan fingerprint density at radius 3 is 1.09 bits per heavy atom. The number of hydrogen-bond acceptors (Lipinski definition) is 6. The van der Waals surface area contributed by atoms with E-state index in [9.17, 15) is 0 Å². The van der Waals surface area contributed by atoms with E-state index in [2.05, 4.69) is 108 Å². The molecular formula is C39H48N6. The van der Waals surface area contributed by atoms with Crippen LogP contribution in [0.2, 0.25) is 0 Å². The Kier molecular flexibility index (Phi) is 8.39. The zero-order chi connectivity index (χ0) is 30.9. The molecule has 0 aliphatic carbocycles. The minimum Gasteiger partial charge on any atom is -0.371 e. The van der Waals surface area contributed by atoms with Crippen molar-refractivity contribution < 1.29 is 0 Å². The molecule has 3 aliphatic rings. The van der Waals surface area contributed by atoms with Crippen LogP contribution in [0.15, 0.2) is 60.9 Å². The number of benzene rings is 2. The van der Waals surface area contributed by atoms with Crippen LogP contribution in [0, 0.1) is 27.7 Å². The lowest BCUT2D eigenvalue weighted by atomic mass is 9.99. The first-order valence-corrected chi connectivity index (χ1v) is 17.1. The third-order valence-corrected chi connectivity index (χ3v) is 10.1. The predicted octanol–water partition coefficient (Wildman–Crippen LogP) is 7.96. The van der Waals surface area contributed by atoms with E-state index in [4.69, 9.17) is 9.97 Å². The van der Waals surface area contributed by atoms with Gasteiger partial charge in [-0.05, 0) is 142 Å². The van der Waals surface area contributed by atoms with Gasteiger partial charge in [-0.2, -0.15) is 0 Å².